The molecule has 0 spiro atoms. The lowest BCUT2D eigenvalue weighted by molar-refractivity contribution is 0.103. The van der Waals surface area contributed by atoms with E-state index in [2.05, 4.69) is 32.1 Å². The largest absolute Gasteiger partial charge is 0.353 e. The summed E-state index contributed by atoms with van der Waals surface area (Å²) in [6.45, 7) is 7.34. The molecule has 0 unspecified atom stereocenters. The average Bonchev–Trinajstić information content (AvgIpc) is 3.02. The van der Waals surface area contributed by atoms with Gasteiger partial charge in [0.05, 0.1) is 10.3 Å². The van der Waals surface area contributed by atoms with Crippen LogP contribution < -0.4 is 10.2 Å². The van der Waals surface area contributed by atoms with E-state index in [1.165, 1.54) is 17.4 Å². The monoisotopic (exact) mass is 399 g/mol. The first-order valence-electron chi connectivity index (χ1n) is 9.19. The maximum Gasteiger partial charge on any atom is 0.266 e. The molecule has 3 heterocycles. The molecular formula is C20H22FN5OS. The van der Waals surface area contributed by atoms with Gasteiger partial charge >= 0.3 is 0 Å². The first-order valence-corrected chi connectivity index (χ1v) is 10.0. The maximum absolute atomic E-state index is 13.8. The molecule has 4 rings (SSSR count). The highest BCUT2D eigenvalue weighted by Crippen LogP contribution is 2.35. The van der Waals surface area contributed by atoms with Crippen LogP contribution in [0, 0.1) is 19.7 Å². The summed E-state index contributed by atoms with van der Waals surface area (Å²) < 4.78 is 13.8. The second-order valence-corrected chi connectivity index (χ2v) is 8.14. The van der Waals surface area contributed by atoms with Gasteiger partial charge in [-0.25, -0.2) is 14.4 Å². The van der Waals surface area contributed by atoms with Crippen LogP contribution in [0.15, 0.2) is 24.5 Å². The first kappa shape index (κ1) is 18.8. The topological polar surface area (TPSA) is 61.4 Å². The highest BCUT2D eigenvalue weighted by molar-refractivity contribution is 7.20. The van der Waals surface area contributed by atoms with E-state index in [0.29, 0.717) is 16.1 Å². The minimum absolute atomic E-state index is 0.256. The van der Waals surface area contributed by atoms with Crippen LogP contribution in [0.4, 0.5) is 15.9 Å². The molecule has 0 aliphatic carbocycles. The number of carbonyl (C=O) groups excluding carboxylic acids is 1. The molecule has 1 amide bonds. The number of likely N-dealkylation sites (N-methyl/N-ethyl adjacent to an activating group) is 1. The van der Waals surface area contributed by atoms with E-state index in [1.54, 1.807) is 25.4 Å². The molecular weight excluding hydrogens is 377 g/mol. The number of fused-ring (bicyclic) bond motifs is 1. The lowest BCUT2D eigenvalue weighted by Gasteiger charge is -2.33. The fourth-order valence-corrected chi connectivity index (χ4v) is 4.42. The van der Waals surface area contributed by atoms with E-state index in [-0.39, 0.29) is 11.7 Å². The molecule has 1 aromatic carbocycles. The third-order valence-corrected chi connectivity index (χ3v) is 6.34. The normalized spacial score (nSPS) is 15.2. The summed E-state index contributed by atoms with van der Waals surface area (Å²) in [5.74, 6) is 0.287. The second kappa shape index (κ2) is 7.44. The standard InChI is InChI=1S/C20H22FN5OS/c1-12-4-5-14(10-15(12)21)24-19(27)17-13(2)16-18(22-11-23-20(16)28-17)26-8-6-25(3)7-9-26/h4-5,10-11H,6-9H2,1-3H3,(H,24,27). The van der Waals surface area contributed by atoms with E-state index >= 15 is 0 Å². The molecule has 3 aromatic rings. The SMILES string of the molecule is Cc1ccc(NC(=O)c2sc3ncnc(N4CCN(C)CC4)c3c2C)cc1F. The number of amides is 1. The Bertz CT molecular complexity index is 1040. The van der Waals surface area contributed by atoms with Crippen LogP contribution in [-0.4, -0.2) is 54.0 Å². The molecule has 1 aliphatic rings. The van der Waals surface area contributed by atoms with Crippen molar-refractivity contribution >= 4 is 39.0 Å². The molecule has 0 saturated carbocycles. The molecule has 28 heavy (non-hydrogen) atoms. The molecule has 146 valence electrons. The summed E-state index contributed by atoms with van der Waals surface area (Å²) in [6, 6.07) is 4.69. The highest BCUT2D eigenvalue weighted by Gasteiger charge is 2.23. The van der Waals surface area contributed by atoms with Crippen LogP contribution >= 0.6 is 11.3 Å². The molecule has 1 fully saturated rings. The average molecular weight is 399 g/mol. The Morgan fingerprint density at radius 2 is 1.93 bits per heavy atom. The van der Waals surface area contributed by atoms with Gasteiger partial charge in [-0.15, -0.1) is 11.3 Å². The fourth-order valence-electron chi connectivity index (χ4n) is 3.39. The lowest BCUT2D eigenvalue weighted by atomic mass is 10.1. The van der Waals surface area contributed by atoms with Gasteiger partial charge in [-0.3, -0.25) is 4.79 Å². The molecule has 1 aliphatic heterocycles. The number of nitrogens with zero attached hydrogens (tertiary/aromatic N) is 4. The smallest absolute Gasteiger partial charge is 0.266 e. The van der Waals surface area contributed by atoms with Crippen molar-refractivity contribution in [1.82, 2.24) is 14.9 Å². The zero-order valence-electron chi connectivity index (χ0n) is 16.1. The van der Waals surface area contributed by atoms with Gasteiger partial charge in [0.15, 0.2) is 0 Å². The van der Waals surface area contributed by atoms with Gasteiger partial charge in [0, 0.05) is 31.9 Å². The Morgan fingerprint density at radius 3 is 2.64 bits per heavy atom. The van der Waals surface area contributed by atoms with Crippen molar-refractivity contribution in [2.45, 2.75) is 13.8 Å². The van der Waals surface area contributed by atoms with Gasteiger partial charge < -0.3 is 15.1 Å². The zero-order chi connectivity index (χ0) is 19.8. The Balaban J connectivity index is 1.66. The number of rotatable bonds is 3. The van der Waals surface area contributed by atoms with E-state index in [9.17, 15) is 9.18 Å². The van der Waals surface area contributed by atoms with E-state index in [0.717, 1.165) is 47.8 Å². The van der Waals surface area contributed by atoms with Crippen molar-refractivity contribution in [3.05, 3.63) is 46.3 Å². The quantitative estimate of drug-likeness (QED) is 0.731. The Kier molecular flexibility index (Phi) is 4.99. The maximum atomic E-state index is 13.8. The van der Waals surface area contributed by atoms with Crippen LogP contribution in [-0.2, 0) is 0 Å². The minimum Gasteiger partial charge on any atom is -0.353 e. The predicted octanol–water partition coefficient (Wildman–Crippen LogP) is 3.45. The number of benzene rings is 1. The molecule has 1 N–H and O–H groups in total. The van der Waals surface area contributed by atoms with Crippen molar-refractivity contribution in [1.29, 1.82) is 0 Å². The third kappa shape index (κ3) is 3.45. The summed E-state index contributed by atoms with van der Waals surface area (Å²) in [5, 5.41) is 3.72. The van der Waals surface area contributed by atoms with E-state index < -0.39 is 0 Å². The predicted molar refractivity (Wildman–Crippen MR) is 111 cm³/mol. The van der Waals surface area contributed by atoms with Crippen molar-refractivity contribution in [3.63, 3.8) is 0 Å². The van der Waals surface area contributed by atoms with Gasteiger partial charge in [-0.05, 0) is 44.2 Å². The highest BCUT2D eigenvalue weighted by atomic mass is 32.1. The summed E-state index contributed by atoms with van der Waals surface area (Å²) in [5.41, 5.74) is 1.85. The van der Waals surface area contributed by atoms with Crippen molar-refractivity contribution in [2.75, 3.05) is 43.4 Å². The Hall–Kier alpha value is -2.58. The number of anilines is 2. The number of thiophene rings is 1. The molecule has 8 heteroatoms. The van der Waals surface area contributed by atoms with Crippen molar-refractivity contribution in [2.24, 2.45) is 0 Å². The minimum atomic E-state index is -0.339. The molecule has 0 atom stereocenters. The van der Waals surface area contributed by atoms with E-state index in [1.807, 2.05) is 6.92 Å². The Morgan fingerprint density at radius 1 is 1.18 bits per heavy atom. The Labute approximate surface area is 167 Å². The summed E-state index contributed by atoms with van der Waals surface area (Å²) in [4.78, 5) is 27.6. The number of carbonyl (C=O) groups is 1. The molecule has 2 aromatic heterocycles. The van der Waals surface area contributed by atoms with Gasteiger partial charge in [-0.1, -0.05) is 6.07 Å². The molecule has 0 bridgehead atoms. The number of aromatic nitrogens is 2. The number of hydrogen-bond donors (Lipinski definition) is 1. The van der Waals surface area contributed by atoms with Crippen LogP contribution in [0.2, 0.25) is 0 Å². The number of hydrogen-bond acceptors (Lipinski definition) is 6. The van der Waals surface area contributed by atoms with E-state index in [4.69, 9.17) is 0 Å². The summed E-state index contributed by atoms with van der Waals surface area (Å²) in [7, 11) is 2.11. The summed E-state index contributed by atoms with van der Waals surface area (Å²) in [6.07, 6.45) is 1.56. The van der Waals surface area contributed by atoms with Gasteiger partial charge in [0.25, 0.3) is 5.91 Å². The lowest BCUT2D eigenvalue weighted by Crippen LogP contribution is -2.44. The number of aryl methyl sites for hydroxylation is 2. The van der Waals surface area contributed by atoms with Crippen LogP contribution in [0.25, 0.3) is 10.2 Å². The van der Waals surface area contributed by atoms with Gasteiger partial charge in [0.2, 0.25) is 0 Å². The van der Waals surface area contributed by atoms with Crippen LogP contribution in [0.1, 0.15) is 20.8 Å². The molecule has 1 saturated heterocycles. The fraction of sp³-hybridized carbons (Fsp3) is 0.350. The van der Waals surface area contributed by atoms with Crippen molar-refractivity contribution in [3.8, 4) is 0 Å². The number of piperazine rings is 1. The first-order chi connectivity index (χ1) is 13.4. The second-order valence-electron chi connectivity index (χ2n) is 7.14. The number of halogens is 1. The van der Waals surface area contributed by atoms with Crippen LogP contribution in [0.3, 0.4) is 0 Å². The molecule has 6 nitrogen and oxygen atoms in total. The number of nitrogens with one attached hydrogen (secondary N) is 1. The van der Waals surface area contributed by atoms with Crippen molar-refractivity contribution < 1.29 is 9.18 Å². The zero-order valence-corrected chi connectivity index (χ0v) is 16.9. The third-order valence-electron chi connectivity index (χ3n) is 5.15. The van der Waals surface area contributed by atoms with Gasteiger partial charge in [-0.2, -0.15) is 0 Å². The molecule has 0 radical (unpaired) electrons. The summed E-state index contributed by atoms with van der Waals surface area (Å²) >= 11 is 1.34. The van der Waals surface area contributed by atoms with Gasteiger partial charge in [0.1, 0.15) is 22.8 Å². The van der Waals surface area contributed by atoms with Crippen LogP contribution in [0.5, 0.6) is 0 Å².